The number of rotatable bonds is 2. The van der Waals surface area contributed by atoms with E-state index < -0.39 is 11.7 Å². The number of halogens is 1. The number of aromatic nitrogens is 1. The minimum absolute atomic E-state index is 0.534. The standard InChI is InChI=1S/C14H16BrN3O2/c1-14(2,3)20-13(19)18-17-12-7-10-6-11(15)5-4-9(10)8-16-12/h4-8H,1-3H3,(H,16,17)(H,18,19). The van der Waals surface area contributed by atoms with Crippen LogP contribution in [0.4, 0.5) is 10.6 Å². The van der Waals surface area contributed by atoms with Crippen LogP contribution >= 0.6 is 15.9 Å². The number of hydrogen-bond donors (Lipinski definition) is 2. The summed E-state index contributed by atoms with van der Waals surface area (Å²) in [6.07, 6.45) is 1.19. The minimum Gasteiger partial charge on any atom is -0.443 e. The lowest BCUT2D eigenvalue weighted by atomic mass is 10.2. The van der Waals surface area contributed by atoms with Crippen molar-refractivity contribution in [3.8, 4) is 0 Å². The summed E-state index contributed by atoms with van der Waals surface area (Å²) in [5, 5.41) is 2.04. The Bertz CT molecular complexity index is 638. The van der Waals surface area contributed by atoms with E-state index in [0.29, 0.717) is 5.82 Å². The normalized spacial score (nSPS) is 11.2. The van der Waals surface area contributed by atoms with Crippen LogP contribution in [0, 0.1) is 0 Å². The molecule has 2 aromatic rings. The predicted molar refractivity (Wildman–Crippen MR) is 82.4 cm³/mol. The molecule has 20 heavy (non-hydrogen) atoms. The summed E-state index contributed by atoms with van der Waals surface area (Å²) in [5.74, 6) is 0.543. The fraction of sp³-hybridized carbons (Fsp3) is 0.286. The predicted octanol–water partition coefficient (Wildman–Crippen LogP) is 3.85. The number of pyridine rings is 1. The monoisotopic (exact) mass is 337 g/mol. The molecule has 0 aliphatic carbocycles. The van der Waals surface area contributed by atoms with Crippen molar-refractivity contribution < 1.29 is 9.53 Å². The Morgan fingerprint density at radius 1 is 1.25 bits per heavy atom. The number of amides is 1. The maximum atomic E-state index is 11.5. The van der Waals surface area contributed by atoms with Gasteiger partial charge in [-0.2, -0.15) is 0 Å². The van der Waals surface area contributed by atoms with Gasteiger partial charge in [-0.1, -0.05) is 22.0 Å². The van der Waals surface area contributed by atoms with Crippen LogP contribution in [0.15, 0.2) is 34.9 Å². The van der Waals surface area contributed by atoms with Crippen LogP contribution in [0.25, 0.3) is 10.8 Å². The molecule has 6 heteroatoms. The first kappa shape index (κ1) is 14.6. The van der Waals surface area contributed by atoms with E-state index in [1.54, 1.807) is 27.0 Å². The summed E-state index contributed by atoms with van der Waals surface area (Å²) in [4.78, 5) is 15.7. The number of nitrogens with zero attached hydrogens (tertiary/aromatic N) is 1. The van der Waals surface area contributed by atoms with Gasteiger partial charge in [-0.25, -0.2) is 15.2 Å². The van der Waals surface area contributed by atoms with Crippen molar-refractivity contribution in [1.82, 2.24) is 10.4 Å². The topological polar surface area (TPSA) is 63.2 Å². The fourth-order valence-electron chi connectivity index (χ4n) is 1.60. The maximum Gasteiger partial charge on any atom is 0.426 e. The molecule has 1 aromatic carbocycles. The molecule has 0 radical (unpaired) electrons. The lowest BCUT2D eigenvalue weighted by Crippen LogP contribution is -2.36. The summed E-state index contributed by atoms with van der Waals surface area (Å²) in [6.45, 7) is 5.41. The zero-order valence-electron chi connectivity index (χ0n) is 11.5. The lowest BCUT2D eigenvalue weighted by molar-refractivity contribution is 0.0541. The van der Waals surface area contributed by atoms with Gasteiger partial charge in [0, 0.05) is 16.1 Å². The zero-order valence-corrected chi connectivity index (χ0v) is 13.1. The van der Waals surface area contributed by atoms with Gasteiger partial charge in [-0.3, -0.25) is 5.43 Å². The van der Waals surface area contributed by atoms with Crippen LogP contribution in [0.2, 0.25) is 0 Å². The van der Waals surface area contributed by atoms with Crippen LogP contribution in [0.5, 0.6) is 0 Å². The van der Waals surface area contributed by atoms with Crippen LogP contribution in [0.3, 0.4) is 0 Å². The first-order chi connectivity index (χ1) is 9.33. The van der Waals surface area contributed by atoms with Crippen LogP contribution < -0.4 is 10.9 Å². The van der Waals surface area contributed by atoms with E-state index in [1.165, 1.54) is 0 Å². The van der Waals surface area contributed by atoms with Gasteiger partial charge < -0.3 is 4.74 Å². The quantitative estimate of drug-likeness (QED) is 0.817. The van der Waals surface area contributed by atoms with E-state index in [-0.39, 0.29) is 0 Å². The Morgan fingerprint density at radius 3 is 2.70 bits per heavy atom. The van der Waals surface area contributed by atoms with Crippen molar-refractivity contribution in [2.45, 2.75) is 26.4 Å². The number of benzene rings is 1. The Balaban J connectivity index is 2.05. The SMILES string of the molecule is CC(C)(C)OC(=O)NNc1cc2cc(Br)ccc2cn1. The van der Waals surface area contributed by atoms with E-state index in [2.05, 4.69) is 31.8 Å². The first-order valence-corrected chi connectivity index (χ1v) is 6.93. The van der Waals surface area contributed by atoms with Crippen molar-refractivity contribution in [2.24, 2.45) is 0 Å². The molecular formula is C14H16BrN3O2. The lowest BCUT2D eigenvalue weighted by Gasteiger charge is -2.19. The van der Waals surface area contributed by atoms with E-state index in [9.17, 15) is 4.79 Å². The molecule has 0 saturated carbocycles. The molecule has 0 fully saturated rings. The second-order valence-corrected chi connectivity index (χ2v) is 6.23. The number of carbonyl (C=O) groups is 1. The molecule has 0 spiro atoms. The van der Waals surface area contributed by atoms with Crippen LogP contribution in [0.1, 0.15) is 20.8 Å². The Hall–Kier alpha value is -1.82. The summed E-state index contributed by atoms with van der Waals surface area (Å²) < 4.78 is 6.11. The second-order valence-electron chi connectivity index (χ2n) is 5.31. The van der Waals surface area contributed by atoms with Gasteiger partial charge in [0.1, 0.15) is 11.4 Å². The molecule has 0 aliphatic rings. The number of nitrogens with one attached hydrogen (secondary N) is 2. The molecule has 0 atom stereocenters. The van der Waals surface area contributed by atoms with E-state index in [0.717, 1.165) is 15.2 Å². The summed E-state index contributed by atoms with van der Waals surface area (Å²) >= 11 is 3.42. The zero-order chi connectivity index (χ0) is 14.8. The number of hydrogen-bond acceptors (Lipinski definition) is 4. The third-order valence-electron chi connectivity index (χ3n) is 2.38. The average Bonchev–Trinajstić information content (AvgIpc) is 2.33. The van der Waals surface area contributed by atoms with E-state index >= 15 is 0 Å². The molecule has 2 rings (SSSR count). The molecule has 1 amide bonds. The first-order valence-electron chi connectivity index (χ1n) is 6.14. The Kier molecular flexibility index (Phi) is 4.13. The Labute approximate surface area is 125 Å². The molecular weight excluding hydrogens is 322 g/mol. The van der Waals surface area contributed by atoms with Crippen molar-refractivity contribution in [2.75, 3.05) is 5.43 Å². The molecule has 5 nitrogen and oxygen atoms in total. The third-order valence-corrected chi connectivity index (χ3v) is 2.87. The van der Waals surface area contributed by atoms with Gasteiger partial charge in [0.15, 0.2) is 0 Å². The largest absolute Gasteiger partial charge is 0.443 e. The summed E-state index contributed by atoms with van der Waals surface area (Å²) in [5.41, 5.74) is 4.64. The molecule has 1 aromatic heterocycles. The van der Waals surface area contributed by atoms with Crippen molar-refractivity contribution in [3.63, 3.8) is 0 Å². The third kappa shape index (κ3) is 4.09. The van der Waals surface area contributed by atoms with Gasteiger partial charge in [-0.05, 0) is 44.4 Å². The van der Waals surface area contributed by atoms with Gasteiger partial charge in [-0.15, -0.1) is 0 Å². The number of anilines is 1. The van der Waals surface area contributed by atoms with Gasteiger partial charge in [0.25, 0.3) is 0 Å². The van der Waals surface area contributed by atoms with Crippen LogP contribution in [-0.4, -0.2) is 16.7 Å². The second kappa shape index (κ2) is 5.66. The highest BCUT2D eigenvalue weighted by molar-refractivity contribution is 9.10. The summed E-state index contributed by atoms with van der Waals surface area (Å²) in [6, 6.07) is 7.75. The molecule has 0 aliphatic heterocycles. The molecule has 106 valence electrons. The maximum absolute atomic E-state index is 11.5. The van der Waals surface area contributed by atoms with E-state index in [1.807, 2.05) is 24.3 Å². The van der Waals surface area contributed by atoms with Gasteiger partial charge in [0.05, 0.1) is 0 Å². The van der Waals surface area contributed by atoms with Gasteiger partial charge in [0.2, 0.25) is 0 Å². The number of carbonyl (C=O) groups excluding carboxylic acids is 1. The highest BCUT2D eigenvalue weighted by Gasteiger charge is 2.15. The fourth-order valence-corrected chi connectivity index (χ4v) is 1.98. The molecule has 0 bridgehead atoms. The summed E-state index contributed by atoms with van der Waals surface area (Å²) in [7, 11) is 0. The van der Waals surface area contributed by atoms with E-state index in [4.69, 9.17) is 4.74 Å². The highest BCUT2D eigenvalue weighted by atomic mass is 79.9. The molecule has 1 heterocycles. The highest BCUT2D eigenvalue weighted by Crippen LogP contribution is 2.21. The number of fused-ring (bicyclic) bond motifs is 1. The van der Waals surface area contributed by atoms with Crippen molar-refractivity contribution >= 4 is 38.6 Å². The molecule has 2 N–H and O–H groups in total. The molecule has 0 saturated heterocycles. The van der Waals surface area contributed by atoms with Crippen molar-refractivity contribution in [1.29, 1.82) is 0 Å². The minimum atomic E-state index is -0.548. The van der Waals surface area contributed by atoms with Gasteiger partial charge >= 0.3 is 6.09 Å². The number of hydrazine groups is 1. The van der Waals surface area contributed by atoms with Crippen molar-refractivity contribution in [3.05, 3.63) is 34.9 Å². The molecule has 0 unspecified atom stereocenters. The number of ether oxygens (including phenoxy) is 1. The average molecular weight is 338 g/mol. The van der Waals surface area contributed by atoms with Crippen LogP contribution in [-0.2, 0) is 4.74 Å². The smallest absolute Gasteiger partial charge is 0.426 e. The Morgan fingerprint density at radius 2 is 2.00 bits per heavy atom.